The molecular formula is C11H9ClF3N3. The fourth-order valence-electron chi connectivity index (χ4n) is 1.70. The number of aromatic nitrogens is 2. The third kappa shape index (κ3) is 1.97. The predicted molar refractivity (Wildman–Crippen MR) is 60.6 cm³/mol. The Balaban J connectivity index is 2.53. The molecule has 3 nitrogen and oxygen atoms in total. The highest BCUT2D eigenvalue weighted by molar-refractivity contribution is 6.31. The van der Waals surface area contributed by atoms with Crippen LogP contribution >= 0.6 is 11.6 Å². The highest BCUT2D eigenvalue weighted by Gasteiger charge is 2.23. The standard InChI is InChI=1S/C11H9ClF3N3/c1-18-11(6(12)4-17-18)10(16)5-2-3-7(13)9(15)8(5)14/h2-4,10H,16H2,1H3. The van der Waals surface area contributed by atoms with Gasteiger partial charge in [0, 0.05) is 12.6 Å². The zero-order chi connectivity index (χ0) is 13.4. The zero-order valence-electron chi connectivity index (χ0n) is 9.29. The average molecular weight is 276 g/mol. The molecule has 2 rings (SSSR count). The number of rotatable bonds is 2. The van der Waals surface area contributed by atoms with Gasteiger partial charge in [0.1, 0.15) is 0 Å². The van der Waals surface area contributed by atoms with Crippen LogP contribution in [0, 0.1) is 17.5 Å². The van der Waals surface area contributed by atoms with Crippen molar-refractivity contribution in [3.63, 3.8) is 0 Å². The number of halogens is 4. The molecule has 0 saturated carbocycles. The van der Waals surface area contributed by atoms with Gasteiger partial charge in [-0.15, -0.1) is 0 Å². The van der Waals surface area contributed by atoms with Crippen LogP contribution in [0.3, 0.4) is 0 Å². The molecule has 0 aliphatic carbocycles. The van der Waals surface area contributed by atoms with Gasteiger partial charge in [0.05, 0.1) is 23.0 Å². The van der Waals surface area contributed by atoms with Crippen molar-refractivity contribution in [3.8, 4) is 0 Å². The first-order chi connectivity index (χ1) is 8.43. The highest BCUT2D eigenvalue weighted by atomic mass is 35.5. The monoisotopic (exact) mass is 275 g/mol. The van der Waals surface area contributed by atoms with Crippen LogP contribution in [0.5, 0.6) is 0 Å². The van der Waals surface area contributed by atoms with E-state index < -0.39 is 23.5 Å². The third-order valence-corrected chi connectivity index (χ3v) is 2.92. The number of benzene rings is 1. The summed E-state index contributed by atoms with van der Waals surface area (Å²) in [5.41, 5.74) is 5.95. The molecule has 1 aromatic carbocycles. The molecule has 1 aromatic heterocycles. The van der Waals surface area contributed by atoms with Gasteiger partial charge in [-0.05, 0) is 6.07 Å². The summed E-state index contributed by atoms with van der Waals surface area (Å²) in [7, 11) is 1.57. The van der Waals surface area contributed by atoms with Crippen molar-refractivity contribution in [2.45, 2.75) is 6.04 Å². The lowest BCUT2D eigenvalue weighted by atomic mass is 10.0. The topological polar surface area (TPSA) is 43.8 Å². The first kappa shape index (κ1) is 12.9. The number of hydrogen-bond acceptors (Lipinski definition) is 2. The minimum Gasteiger partial charge on any atom is -0.319 e. The number of hydrogen-bond donors (Lipinski definition) is 1. The summed E-state index contributed by atoms with van der Waals surface area (Å²) in [5.74, 6) is -4.14. The Hall–Kier alpha value is -1.53. The normalized spacial score (nSPS) is 12.8. The van der Waals surface area contributed by atoms with Crippen molar-refractivity contribution < 1.29 is 13.2 Å². The molecule has 0 saturated heterocycles. The van der Waals surface area contributed by atoms with E-state index in [2.05, 4.69) is 5.10 Å². The SMILES string of the molecule is Cn1ncc(Cl)c1C(N)c1ccc(F)c(F)c1F. The molecular weight excluding hydrogens is 267 g/mol. The van der Waals surface area contributed by atoms with Gasteiger partial charge in [-0.25, -0.2) is 13.2 Å². The van der Waals surface area contributed by atoms with Crippen LogP contribution < -0.4 is 5.73 Å². The van der Waals surface area contributed by atoms with E-state index >= 15 is 0 Å². The van der Waals surface area contributed by atoms with E-state index in [1.54, 1.807) is 7.05 Å². The largest absolute Gasteiger partial charge is 0.319 e. The molecule has 0 aliphatic heterocycles. The first-order valence-electron chi connectivity index (χ1n) is 4.99. The van der Waals surface area contributed by atoms with Crippen LogP contribution in [0.25, 0.3) is 0 Å². The van der Waals surface area contributed by atoms with Gasteiger partial charge in [0.15, 0.2) is 17.5 Å². The molecule has 0 radical (unpaired) electrons. The molecule has 0 aliphatic rings. The molecule has 1 unspecified atom stereocenters. The lowest BCUT2D eigenvalue weighted by Crippen LogP contribution is -2.18. The van der Waals surface area contributed by atoms with Gasteiger partial charge >= 0.3 is 0 Å². The van der Waals surface area contributed by atoms with E-state index in [0.717, 1.165) is 12.1 Å². The maximum absolute atomic E-state index is 13.6. The number of nitrogens with two attached hydrogens (primary N) is 1. The van der Waals surface area contributed by atoms with E-state index in [1.165, 1.54) is 10.9 Å². The third-order valence-electron chi connectivity index (χ3n) is 2.63. The summed E-state index contributed by atoms with van der Waals surface area (Å²) in [6.07, 6.45) is 1.34. The van der Waals surface area contributed by atoms with Crippen molar-refractivity contribution in [2.75, 3.05) is 0 Å². The molecule has 96 valence electrons. The van der Waals surface area contributed by atoms with Crippen LogP contribution in [0.1, 0.15) is 17.3 Å². The van der Waals surface area contributed by atoms with Gasteiger partial charge in [0.2, 0.25) is 0 Å². The van der Waals surface area contributed by atoms with Gasteiger partial charge in [0.25, 0.3) is 0 Å². The fourth-order valence-corrected chi connectivity index (χ4v) is 1.98. The van der Waals surface area contributed by atoms with Gasteiger partial charge < -0.3 is 5.73 Å². The van der Waals surface area contributed by atoms with Gasteiger partial charge in [-0.1, -0.05) is 17.7 Å². The van der Waals surface area contributed by atoms with Crippen molar-refractivity contribution >= 4 is 11.6 Å². The summed E-state index contributed by atoms with van der Waals surface area (Å²) < 4.78 is 40.9. The summed E-state index contributed by atoms with van der Waals surface area (Å²) in [6.45, 7) is 0. The highest BCUT2D eigenvalue weighted by Crippen LogP contribution is 2.28. The molecule has 1 heterocycles. The van der Waals surface area contributed by atoms with Crippen LogP contribution in [0.2, 0.25) is 5.02 Å². The van der Waals surface area contributed by atoms with Crippen LogP contribution in [-0.4, -0.2) is 9.78 Å². The quantitative estimate of drug-likeness (QED) is 0.856. The van der Waals surface area contributed by atoms with E-state index in [9.17, 15) is 13.2 Å². The molecule has 18 heavy (non-hydrogen) atoms. The molecule has 0 spiro atoms. The smallest absolute Gasteiger partial charge is 0.194 e. The van der Waals surface area contributed by atoms with E-state index in [4.69, 9.17) is 17.3 Å². The second-order valence-electron chi connectivity index (χ2n) is 3.74. The van der Waals surface area contributed by atoms with Gasteiger partial charge in [-0.3, -0.25) is 4.68 Å². The van der Waals surface area contributed by atoms with E-state index in [-0.39, 0.29) is 10.6 Å². The first-order valence-corrected chi connectivity index (χ1v) is 5.37. The molecule has 0 bridgehead atoms. The minimum absolute atomic E-state index is 0.181. The number of aryl methyl sites for hydroxylation is 1. The molecule has 0 amide bonds. The van der Waals surface area contributed by atoms with Crippen molar-refractivity contribution in [2.24, 2.45) is 12.8 Å². The van der Waals surface area contributed by atoms with Gasteiger partial charge in [-0.2, -0.15) is 5.10 Å². The minimum atomic E-state index is -1.55. The Kier molecular flexibility index (Phi) is 3.32. The van der Waals surface area contributed by atoms with E-state index in [0.29, 0.717) is 5.69 Å². The van der Waals surface area contributed by atoms with Crippen LogP contribution in [-0.2, 0) is 7.05 Å². The Labute approximate surface area is 106 Å². The molecule has 0 fully saturated rings. The molecule has 2 N–H and O–H groups in total. The summed E-state index contributed by atoms with van der Waals surface area (Å²) in [4.78, 5) is 0. The Morgan fingerprint density at radius 2 is 1.94 bits per heavy atom. The molecule has 7 heteroatoms. The summed E-state index contributed by atoms with van der Waals surface area (Å²) >= 11 is 5.86. The molecule has 2 aromatic rings. The predicted octanol–water partition coefficient (Wildman–Crippen LogP) is 2.54. The Bertz CT molecular complexity index is 578. The lowest BCUT2D eigenvalue weighted by molar-refractivity contribution is 0.437. The maximum Gasteiger partial charge on any atom is 0.194 e. The van der Waals surface area contributed by atoms with E-state index in [1.807, 2.05) is 0 Å². The zero-order valence-corrected chi connectivity index (χ0v) is 10.0. The average Bonchev–Trinajstić information content (AvgIpc) is 2.65. The summed E-state index contributed by atoms with van der Waals surface area (Å²) in [6, 6.07) is 0.875. The second kappa shape index (κ2) is 4.62. The van der Waals surface area contributed by atoms with Crippen LogP contribution in [0.4, 0.5) is 13.2 Å². The van der Waals surface area contributed by atoms with Crippen molar-refractivity contribution in [1.82, 2.24) is 9.78 Å². The number of nitrogens with zero attached hydrogens (tertiary/aromatic N) is 2. The Morgan fingerprint density at radius 1 is 1.28 bits per heavy atom. The fraction of sp³-hybridized carbons (Fsp3) is 0.182. The van der Waals surface area contributed by atoms with Crippen molar-refractivity contribution in [1.29, 1.82) is 0 Å². The Morgan fingerprint density at radius 3 is 2.50 bits per heavy atom. The second-order valence-corrected chi connectivity index (χ2v) is 4.15. The molecule has 1 atom stereocenters. The van der Waals surface area contributed by atoms with Crippen LogP contribution in [0.15, 0.2) is 18.3 Å². The lowest BCUT2D eigenvalue weighted by Gasteiger charge is -2.14. The van der Waals surface area contributed by atoms with Crippen molar-refractivity contribution in [3.05, 3.63) is 52.1 Å². The maximum atomic E-state index is 13.6. The summed E-state index contributed by atoms with van der Waals surface area (Å²) in [5, 5.41) is 4.08.